The molecule has 204 valence electrons. The van der Waals surface area contributed by atoms with E-state index in [9.17, 15) is 9.18 Å². The van der Waals surface area contributed by atoms with Crippen molar-refractivity contribution < 1.29 is 13.9 Å². The molecule has 0 saturated carbocycles. The lowest BCUT2D eigenvalue weighted by Gasteiger charge is -2.30. The number of ether oxygens (including phenoxy) is 2. The average Bonchev–Trinajstić information content (AvgIpc) is 3.62. The Balaban J connectivity index is 1.33. The van der Waals surface area contributed by atoms with E-state index in [2.05, 4.69) is 44.5 Å². The molecule has 2 aromatic heterocycles. The normalized spacial score (nSPS) is 13.3. The zero-order chi connectivity index (χ0) is 27.5. The van der Waals surface area contributed by atoms with E-state index in [4.69, 9.17) is 9.47 Å². The number of tetrazole rings is 1. The van der Waals surface area contributed by atoms with Gasteiger partial charge in [-0.3, -0.25) is 9.69 Å². The highest BCUT2D eigenvalue weighted by Gasteiger charge is 2.26. The quantitative estimate of drug-likeness (QED) is 0.276. The summed E-state index contributed by atoms with van der Waals surface area (Å²) in [7, 11) is 0. The predicted molar refractivity (Wildman–Crippen MR) is 148 cm³/mol. The standard InChI is InChI=1S/C30H29FN6O3/c1-2-26(29-33-34-35-37(29)17-21-8-10-24(31)11-9-21)36(13-12-20-6-4-3-5-7-20)18-23-14-22-15-27-28(40-19-39-27)16-25(22)32-30(23)38/h3-11,14-16,26H,2,12-13,17-19H2,1H3,(H,32,38)/t26-/m1/s1. The molecule has 6 rings (SSSR count). The van der Waals surface area contributed by atoms with Crippen LogP contribution in [0.5, 0.6) is 11.5 Å². The molecule has 40 heavy (non-hydrogen) atoms. The van der Waals surface area contributed by atoms with Crippen molar-refractivity contribution in [3.8, 4) is 11.5 Å². The van der Waals surface area contributed by atoms with Gasteiger partial charge in [-0.2, -0.15) is 0 Å². The zero-order valence-corrected chi connectivity index (χ0v) is 22.1. The SMILES string of the molecule is CC[C@H](c1nnnn1Cc1ccc(F)cc1)N(CCc1ccccc1)Cc1cc2cc3c(cc2[nH]c1=O)OCO3. The third-order valence-corrected chi connectivity index (χ3v) is 7.25. The number of nitrogens with one attached hydrogen (secondary N) is 1. The van der Waals surface area contributed by atoms with Gasteiger partial charge in [0, 0.05) is 30.1 Å². The largest absolute Gasteiger partial charge is 0.454 e. The minimum Gasteiger partial charge on any atom is -0.454 e. The van der Waals surface area contributed by atoms with Crippen LogP contribution < -0.4 is 15.0 Å². The van der Waals surface area contributed by atoms with Crippen LogP contribution in [0, 0.1) is 5.82 Å². The van der Waals surface area contributed by atoms with Gasteiger partial charge in [-0.05, 0) is 58.7 Å². The highest BCUT2D eigenvalue weighted by atomic mass is 19.1. The molecular weight excluding hydrogens is 511 g/mol. The first-order chi connectivity index (χ1) is 19.6. The Morgan fingerprint density at radius 2 is 1.80 bits per heavy atom. The van der Waals surface area contributed by atoms with Crippen molar-refractivity contribution in [1.82, 2.24) is 30.1 Å². The lowest BCUT2D eigenvalue weighted by atomic mass is 10.1. The van der Waals surface area contributed by atoms with Gasteiger partial charge in [-0.25, -0.2) is 9.07 Å². The molecule has 1 aliphatic rings. The van der Waals surface area contributed by atoms with Gasteiger partial charge in [-0.1, -0.05) is 49.4 Å². The first kappa shape index (κ1) is 25.7. The number of fused-ring (bicyclic) bond motifs is 2. The predicted octanol–water partition coefficient (Wildman–Crippen LogP) is 4.63. The van der Waals surface area contributed by atoms with E-state index in [0.717, 1.165) is 23.8 Å². The lowest BCUT2D eigenvalue weighted by Crippen LogP contribution is -2.34. The fourth-order valence-corrected chi connectivity index (χ4v) is 5.17. The fourth-order valence-electron chi connectivity index (χ4n) is 5.17. The zero-order valence-electron chi connectivity index (χ0n) is 22.1. The van der Waals surface area contributed by atoms with Crippen LogP contribution in [0.1, 0.15) is 41.9 Å². The maximum absolute atomic E-state index is 13.5. The molecule has 1 atom stereocenters. The van der Waals surface area contributed by atoms with Gasteiger partial charge in [-0.15, -0.1) is 5.10 Å². The molecule has 5 aromatic rings. The molecule has 3 heterocycles. The van der Waals surface area contributed by atoms with Crippen LogP contribution in [0.15, 0.2) is 77.6 Å². The summed E-state index contributed by atoms with van der Waals surface area (Å²) in [5, 5.41) is 13.5. The first-order valence-electron chi connectivity index (χ1n) is 13.3. The van der Waals surface area contributed by atoms with Crippen LogP contribution >= 0.6 is 0 Å². The molecule has 0 spiro atoms. The van der Waals surface area contributed by atoms with E-state index in [1.807, 2.05) is 30.3 Å². The Kier molecular flexibility index (Phi) is 7.24. The van der Waals surface area contributed by atoms with E-state index < -0.39 is 0 Å². The van der Waals surface area contributed by atoms with Gasteiger partial charge in [0.25, 0.3) is 5.56 Å². The van der Waals surface area contributed by atoms with Crippen LogP contribution in [-0.2, 0) is 19.5 Å². The topological polar surface area (TPSA) is 98.2 Å². The number of H-pyrrole nitrogens is 1. The summed E-state index contributed by atoms with van der Waals surface area (Å²) in [6.45, 7) is 3.75. The summed E-state index contributed by atoms with van der Waals surface area (Å²) >= 11 is 0. The molecule has 0 bridgehead atoms. The van der Waals surface area contributed by atoms with Crippen LogP contribution in [-0.4, -0.2) is 43.4 Å². The molecular formula is C30H29FN6O3. The Labute approximate surface area is 230 Å². The number of hydrogen-bond acceptors (Lipinski definition) is 7. The van der Waals surface area contributed by atoms with Crippen LogP contribution in [0.4, 0.5) is 4.39 Å². The highest BCUT2D eigenvalue weighted by Crippen LogP contribution is 2.35. The van der Waals surface area contributed by atoms with Gasteiger partial charge < -0.3 is 14.5 Å². The van der Waals surface area contributed by atoms with Crippen molar-refractivity contribution in [1.29, 1.82) is 0 Å². The summed E-state index contributed by atoms with van der Waals surface area (Å²) in [6.07, 6.45) is 1.52. The number of nitrogens with zero attached hydrogens (tertiary/aromatic N) is 5. The number of aromatic nitrogens is 5. The summed E-state index contributed by atoms with van der Waals surface area (Å²) < 4.78 is 26.2. The van der Waals surface area contributed by atoms with E-state index in [-0.39, 0.29) is 24.2 Å². The van der Waals surface area contributed by atoms with Gasteiger partial charge in [0.1, 0.15) is 5.82 Å². The van der Waals surface area contributed by atoms with E-state index in [1.54, 1.807) is 22.9 Å². The molecule has 0 fully saturated rings. The molecule has 0 radical (unpaired) electrons. The van der Waals surface area contributed by atoms with Crippen molar-refractivity contribution in [3.63, 3.8) is 0 Å². The maximum Gasteiger partial charge on any atom is 0.252 e. The number of halogens is 1. The molecule has 3 aromatic carbocycles. The number of aromatic amines is 1. The smallest absolute Gasteiger partial charge is 0.252 e. The maximum atomic E-state index is 13.5. The fraction of sp³-hybridized carbons (Fsp3) is 0.267. The Bertz CT molecular complexity index is 1670. The average molecular weight is 541 g/mol. The monoisotopic (exact) mass is 540 g/mol. The molecule has 1 N–H and O–H groups in total. The molecule has 10 heteroatoms. The number of pyridine rings is 1. The van der Waals surface area contributed by atoms with Gasteiger partial charge in [0.15, 0.2) is 17.3 Å². The second-order valence-corrected chi connectivity index (χ2v) is 9.87. The minimum absolute atomic E-state index is 0.156. The third-order valence-electron chi connectivity index (χ3n) is 7.25. The summed E-state index contributed by atoms with van der Waals surface area (Å²) in [5.74, 6) is 1.70. The first-order valence-corrected chi connectivity index (χ1v) is 13.3. The Morgan fingerprint density at radius 1 is 1.02 bits per heavy atom. The molecule has 9 nitrogen and oxygen atoms in total. The molecule has 0 saturated heterocycles. The van der Waals surface area contributed by atoms with Gasteiger partial charge in [0.05, 0.1) is 18.1 Å². The number of rotatable bonds is 10. The minimum atomic E-state index is -0.288. The molecule has 0 aliphatic carbocycles. The summed E-state index contributed by atoms with van der Waals surface area (Å²) in [5.41, 5.74) is 3.27. The van der Waals surface area contributed by atoms with Gasteiger partial charge >= 0.3 is 0 Å². The van der Waals surface area contributed by atoms with Crippen LogP contribution in [0.25, 0.3) is 10.9 Å². The second kappa shape index (κ2) is 11.3. The Hall–Kier alpha value is -4.57. The van der Waals surface area contributed by atoms with Crippen molar-refractivity contribution in [2.75, 3.05) is 13.3 Å². The van der Waals surface area contributed by atoms with Crippen LogP contribution in [0.2, 0.25) is 0 Å². The summed E-state index contributed by atoms with van der Waals surface area (Å²) in [6, 6.07) is 22.0. The third kappa shape index (κ3) is 5.43. The molecule has 0 amide bonds. The highest BCUT2D eigenvalue weighted by molar-refractivity contribution is 5.83. The van der Waals surface area contributed by atoms with E-state index in [0.29, 0.717) is 48.0 Å². The summed E-state index contributed by atoms with van der Waals surface area (Å²) in [4.78, 5) is 18.5. The second-order valence-electron chi connectivity index (χ2n) is 9.87. The van der Waals surface area contributed by atoms with Crippen molar-refractivity contribution >= 4 is 10.9 Å². The number of hydrogen-bond donors (Lipinski definition) is 1. The molecule has 1 aliphatic heterocycles. The van der Waals surface area contributed by atoms with E-state index >= 15 is 0 Å². The van der Waals surface area contributed by atoms with Crippen molar-refractivity contribution in [2.24, 2.45) is 0 Å². The van der Waals surface area contributed by atoms with Crippen molar-refractivity contribution in [2.45, 2.75) is 38.9 Å². The Morgan fingerprint density at radius 3 is 2.58 bits per heavy atom. The van der Waals surface area contributed by atoms with Crippen LogP contribution in [0.3, 0.4) is 0 Å². The van der Waals surface area contributed by atoms with E-state index in [1.165, 1.54) is 17.7 Å². The molecule has 0 unspecified atom stereocenters. The van der Waals surface area contributed by atoms with Gasteiger partial charge in [0.2, 0.25) is 6.79 Å². The lowest BCUT2D eigenvalue weighted by molar-refractivity contribution is 0.172. The van der Waals surface area contributed by atoms with Crippen molar-refractivity contribution in [3.05, 3.63) is 111 Å². The number of benzene rings is 3.